The molecule has 1 aliphatic carbocycles. The molecule has 10 aromatic rings. The molecule has 0 N–H and O–H groups in total. The van der Waals surface area contributed by atoms with Crippen LogP contribution < -0.4 is 0 Å². The Labute approximate surface area is 325 Å². The molecule has 0 bridgehead atoms. The summed E-state index contributed by atoms with van der Waals surface area (Å²) < 4.78 is 2.38. The minimum atomic E-state index is -0.119. The number of hydrogen-bond donors (Lipinski definition) is 0. The second kappa shape index (κ2) is 12.4. The minimum Gasteiger partial charge on any atom is -0.309 e. The van der Waals surface area contributed by atoms with E-state index in [0.29, 0.717) is 17.5 Å². The summed E-state index contributed by atoms with van der Waals surface area (Å²) >= 11 is 0. The summed E-state index contributed by atoms with van der Waals surface area (Å²) in [5.41, 5.74) is 13.8. The average Bonchev–Trinajstić information content (AvgIpc) is 3.70. The van der Waals surface area contributed by atoms with Crippen LogP contribution in [0.1, 0.15) is 25.0 Å². The van der Waals surface area contributed by atoms with Gasteiger partial charge in [-0.3, -0.25) is 0 Å². The normalized spacial score (nSPS) is 13.0. The quantitative estimate of drug-likeness (QED) is 0.178. The first-order valence-corrected chi connectivity index (χ1v) is 19.2. The average molecular weight is 717 g/mol. The largest absolute Gasteiger partial charge is 0.309 e. The van der Waals surface area contributed by atoms with Crippen LogP contribution in [-0.4, -0.2) is 19.5 Å². The number of fused-ring (bicyclic) bond motifs is 7. The van der Waals surface area contributed by atoms with Crippen LogP contribution in [0, 0.1) is 0 Å². The van der Waals surface area contributed by atoms with E-state index >= 15 is 0 Å². The number of aromatic nitrogens is 4. The molecule has 11 rings (SSSR count). The summed E-state index contributed by atoms with van der Waals surface area (Å²) in [4.78, 5) is 15.2. The zero-order valence-corrected chi connectivity index (χ0v) is 31.1. The third-order valence-electron chi connectivity index (χ3n) is 11.7. The molecule has 264 valence electrons. The van der Waals surface area contributed by atoms with Crippen LogP contribution in [0.2, 0.25) is 0 Å². The van der Waals surface area contributed by atoms with Crippen molar-refractivity contribution in [2.75, 3.05) is 0 Å². The van der Waals surface area contributed by atoms with Gasteiger partial charge in [-0.15, -0.1) is 0 Å². The summed E-state index contributed by atoms with van der Waals surface area (Å²) in [6, 6.07) is 64.9. The summed E-state index contributed by atoms with van der Waals surface area (Å²) in [7, 11) is 0. The summed E-state index contributed by atoms with van der Waals surface area (Å²) in [5, 5.41) is 5.02. The molecule has 0 radical (unpaired) electrons. The second-order valence-electron chi connectivity index (χ2n) is 15.3. The standard InChI is InChI=1S/C52H36N4/c1-52(2)45-18-10-8-16-41(45)42-29-26-39(31-46(42)52)51-54-49(35-12-4-3-5-13-35)53-50(55-51)36-22-20-33(21-23-36)34-24-27-40(28-25-34)56-47-19-11-9-17-43(47)44-30-37-14-6-7-15-38(37)32-48(44)56/h3-32H,1-2H3. The van der Waals surface area contributed by atoms with Crippen LogP contribution in [0.25, 0.3) is 94.7 Å². The van der Waals surface area contributed by atoms with Crippen molar-refractivity contribution >= 4 is 32.6 Å². The first kappa shape index (κ1) is 32.3. The number of hydrogen-bond acceptors (Lipinski definition) is 3. The van der Waals surface area contributed by atoms with Gasteiger partial charge in [-0.2, -0.15) is 0 Å². The zero-order chi connectivity index (χ0) is 37.4. The van der Waals surface area contributed by atoms with E-state index in [-0.39, 0.29) is 5.41 Å². The van der Waals surface area contributed by atoms with Gasteiger partial charge in [0.05, 0.1) is 11.0 Å². The third-order valence-corrected chi connectivity index (χ3v) is 11.7. The van der Waals surface area contributed by atoms with E-state index in [9.17, 15) is 0 Å². The highest BCUT2D eigenvalue weighted by Crippen LogP contribution is 2.49. The summed E-state index contributed by atoms with van der Waals surface area (Å²) in [6.45, 7) is 4.60. The van der Waals surface area contributed by atoms with Crippen molar-refractivity contribution in [2.45, 2.75) is 19.3 Å². The van der Waals surface area contributed by atoms with E-state index in [2.05, 4.69) is 182 Å². The molecule has 0 unspecified atom stereocenters. The van der Waals surface area contributed by atoms with Crippen molar-refractivity contribution in [3.63, 3.8) is 0 Å². The maximum Gasteiger partial charge on any atom is 0.164 e. The fourth-order valence-electron chi connectivity index (χ4n) is 8.74. The van der Waals surface area contributed by atoms with Crippen LogP contribution in [-0.2, 0) is 5.41 Å². The van der Waals surface area contributed by atoms with E-state index in [1.165, 1.54) is 54.8 Å². The molecular formula is C52H36N4. The van der Waals surface area contributed by atoms with Gasteiger partial charge in [-0.1, -0.05) is 159 Å². The van der Waals surface area contributed by atoms with E-state index in [0.717, 1.165) is 33.5 Å². The Morgan fingerprint density at radius 1 is 0.375 bits per heavy atom. The van der Waals surface area contributed by atoms with Gasteiger partial charge >= 0.3 is 0 Å². The fraction of sp³-hybridized carbons (Fsp3) is 0.0577. The van der Waals surface area contributed by atoms with E-state index in [4.69, 9.17) is 15.0 Å². The Morgan fingerprint density at radius 3 is 1.66 bits per heavy atom. The zero-order valence-electron chi connectivity index (χ0n) is 31.1. The Hall–Kier alpha value is -7.17. The fourth-order valence-corrected chi connectivity index (χ4v) is 8.74. The second-order valence-corrected chi connectivity index (χ2v) is 15.3. The van der Waals surface area contributed by atoms with Gasteiger partial charge in [0.25, 0.3) is 0 Å². The lowest BCUT2D eigenvalue weighted by Crippen LogP contribution is -2.15. The van der Waals surface area contributed by atoms with Crippen molar-refractivity contribution in [3.8, 4) is 62.1 Å². The topological polar surface area (TPSA) is 43.6 Å². The van der Waals surface area contributed by atoms with Crippen molar-refractivity contribution in [1.82, 2.24) is 19.5 Å². The molecule has 0 saturated carbocycles. The van der Waals surface area contributed by atoms with Crippen LogP contribution in [0.3, 0.4) is 0 Å². The van der Waals surface area contributed by atoms with Gasteiger partial charge in [0.2, 0.25) is 0 Å². The van der Waals surface area contributed by atoms with E-state index in [1.807, 2.05) is 18.2 Å². The van der Waals surface area contributed by atoms with Crippen LogP contribution in [0.4, 0.5) is 0 Å². The Morgan fingerprint density at radius 2 is 0.911 bits per heavy atom. The van der Waals surface area contributed by atoms with Gasteiger partial charge in [-0.05, 0) is 80.6 Å². The van der Waals surface area contributed by atoms with Crippen LogP contribution in [0.5, 0.6) is 0 Å². The maximum atomic E-state index is 5.11. The molecular weight excluding hydrogens is 681 g/mol. The number of nitrogens with zero attached hydrogens (tertiary/aromatic N) is 4. The molecule has 4 heteroatoms. The predicted octanol–water partition coefficient (Wildman–Crippen LogP) is 13.1. The number of rotatable bonds is 5. The van der Waals surface area contributed by atoms with E-state index in [1.54, 1.807) is 0 Å². The van der Waals surface area contributed by atoms with Gasteiger partial charge in [0.15, 0.2) is 17.5 Å². The molecule has 2 aromatic heterocycles. The molecule has 56 heavy (non-hydrogen) atoms. The lowest BCUT2D eigenvalue weighted by atomic mass is 9.82. The highest BCUT2D eigenvalue weighted by molar-refractivity contribution is 6.13. The van der Waals surface area contributed by atoms with Crippen molar-refractivity contribution < 1.29 is 0 Å². The Kier molecular flexibility index (Phi) is 7.17. The Bertz CT molecular complexity index is 3140. The van der Waals surface area contributed by atoms with Crippen molar-refractivity contribution in [1.29, 1.82) is 0 Å². The van der Waals surface area contributed by atoms with Crippen molar-refractivity contribution in [2.24, 2.45) is 0 Å². The minimum absolute atomic E-state index is 0.119. The Balaban J connectivity index is 0.956. The highest BCUT2D eigenvalue weighted by atomic mass is 15.0. The molecule has 4 nitrogen and oxygen atoms in total. The van der Waals surface area contributed by atoms with Gasteiger partial charge < -0.3 is 4.57 Å². The van der Waals surface area contributed by atoms with Gasteiger partial charge in [-0.25, -0.2) is 15.0 Å². The molecule has 0 spiro atoms. The molecule has 1 aliphatic rings. The van der Waals surface area contributed by atoms with Crippen molar-refractivity contribution in [3.05, 3.63) is 193 Å². The van der Waals surface area contributed by atoms with Crippen LogP contribution >= 0.6 is 0 Å². The molecule has 0 saturated heterocycles. The first-order valence-electron chi connectivity index (χ1n) is 19.2. The van der Waals surface area contributed by atoms with Gasteiger partial charge in [0, 0.05) is 38.6 Å². The highest BCUT2D eigenvalue weighted by Gasteiger charge is 2.35. The lowest BCUT2D eigenvalue weighted by Gasteiger charge is -2.21. The molecule has 8 aromatic carbocycles. The molecule has 2 heterocycles. The molecule has 0 amide bonds. The number of benzene rings is 8. The maximum absolute atomic E-state index is 5.11. The SMILES string of the molecule is CC1(C)c2ccccc2-c2ccc(-c3nc(-c4ccccc4)nc(-c4ccc(-c5ccc(-n6c7ccccc7c7cc8ccccc8cc76)cc5)cc4)n3)cc21. The lowest BCUT2D eigenvalue weighted by molar-refractivity contribution is 0.660. The third kappa shape index (κ3) is 5.10. The van der Waals surface area contributed by atoms with Gasteiger partial charge in [0.1, 0.15) is 0 Å². The molecule has 0 aliphatic heterocycles. The monoisotopic (exact) mass is 716 g/mol. The number of para-hydroxylation sites is 1. The van der Waals surface area contributed by atoms with E-state index < -0.39 is 0 Å². The summed E-state index contributed by atoms with van der Waals surface area (Å²) in [5.74, 6) is 1.98. The smallest absolute Gasteiger partial charge is 0.164 e. The summed E-state index contributed by atoms with van der Waals surface area (Å²) in [6.07, 6.45) is 0. The van der Waals surface area contributed by atoms with Crippen LogP contribution in [0.15, 0.2) is 182 Å². The predicted molar refractivity (Wildman–Crippen MR) is 231 cm³/mol. The first-order chi connectivity index (χ1) is 27.5. The molecule has 0 atom stereocenters. The molecule has 0 fully saturated rings.